The molecule has 32 heavy (non-hydrogen) atoms. The lowest BCUT2D eigenvalue weighted by molar-refractivity contribution is -0.141. The fourth-order valence-electron chi connectivity index (χ4n) is 5.39. The van der Waals surface area contributed by atoms with Crippen molar-refractivity contribution in [3.8, 4) is 5.75 Å². The predicted octanol–water partition coefficient (Wildman–Crippen LogP) is 6.80. The maximum atomic E-state index is 14.3. The average Bonchev–Trinajstić information content (AvgIpc) is 3.67. The highest BCUT2D eigenvalue weighted by atomic mass is 19.1. The Labute approximate surface area is 191 Å². The highest BCUT2D eigenvalue weighted by molar-refractivity contribution is 5.70. The highest BCUT2D eigenvalue weighted by Crippen LogP contribution is 2.45. The topological polar surface area (TPSA) is 35.5 Å². The van der Waals surface area contributed by atoms with Crippen LogP contribution in [-0.4, -0.2) is 20.2 Å². The Morgan fingerprint density at radius 2 is 1.81 bits per heavy atom. The Kier molecular flexibility index (Phi) is 7.49. The van der Waals surface area contributed by atoms with Gasteiger partial charge in [-0.3, -0.25) is 4.79 Å². The second-order valence-electron chi connectivity index (χ2n) is 9.61. The molecule has 2 aromatic rings. The number of rotatable bonds is 9. The van der Waals surface area contributed by atoms with Crippen LogP contribution < -0.4 is 4.74 Å². The van der Waals surface area contributed by atoms with Crippen molar-refractivity contribution in [2.45, 2.75) is 69.6 Å². The standard InChI is InChI=1S/C28H35FO3/c1-31-24-14-15-27(29)26(17-24)22-10-8-19(9-11-22)6-7-20-4-3-5-23(16-20)25(21-12-13-21)18-28(30)32-2/h3-5,14-17,19,21-22,25H,6-13,18H2,1-2H3/t19-,22-,25-/m0/s1. The molecule has 2 aliphatic rings. The van der Waals surface area contributed by atoms with Crippen molar-refractivity contribution in [1.29, 1.82) is 0 Å². The summed E-state index contributed by atoms with van der Waals surface area (Å²) in [6.07, 6.45) is 9.51. The minimum Gasteiger partial charge on any atom is -0.497 e. The number of methoxy groups -OCH3 is 2. The van der Waals surface area contributed by atoms with Gasteiger partial charge in [-0.05, 0) is 110 Å². The zero-order chi connectivity index (χ0) is 22.5. The van der Waals surface area contributed by atoms with Crippen LogP contribution in [0.2, 0.25) is 0 Å². The van der Waals surface area contributed by atoms with Gasteiger partial charge < -0.3 is 9.47 Å². The lowest BCUT2D eigenvalue weighted by atomic mass is 9.76. The van der Waals surface area contributed by atoms with E-state index in [0.717, 1.165) is 43.4 Å². The Balaban J connectivity index is 1.31. The molecule has 172 valence electrons. The van der Waals surface area contributed by atoms with Crippen molar-refractivity contribution in [2.24, 2.45) is 11.8 Å². The second-order valence-corrected chi connectivity index (χ2v) is 9.61. The Morgan fingerprint density at radius 1 is 1.03 bits per heavy atom. The van der Waals surface area contributed by atoms with E-state index in [1.54, 1.807) is 13.2 Å². The van der Waals surface area contributed by atoms with Crippen LogP contribution in [0.15, 0.2) is 42.5 Å². The predicted molar refractivity (Wildman–Crippen MR) is 125 cm³/mol. The quantitative estimate of drug-likeness (QED) is 0.404. The van der Waals surface area contributed by atoms with Gasteiger partial charge in [0.2, 0.25) is 0 Å². The molecule has 2 fully saturated rings. The summed E-state index contributed by atoms with van der Waals surface area (Å²) in [7, 11) is 3.10. The summed E-state index contributed by atoms with van der Waals surface area (Å²) in [5.41, 5.74) is 3.46. The molecule has 0 spiro atoms. The smallest absolute Gasteiger partial charge is 0.306 e. The second kappa shape index (κ2) is 10.5. The summed E-state index contributed by atoms with van der Waals surface area (Å²) in [6, 6.07) is 13.9. The lowest BCUT2D eigenvalue weighted by Crippen LogP contribution is -2.15. The summed E-state index contributed by atoms with van der Waals surface area (Å²) in [4.78, 5) is 11.9. The number of hydrogen-bond donors (Lipinski definition) is 0. The maximum absolute atomic E-state index is 14.3. The normalized spacial score (nSPS) is 21.7. The molecule has 0 heterocycles. The van der Waals surface area contributed by atoms with Crippen molar-refractivity contribution < 1.29 is 18.7 Å². The molecule has 0 aromatic heterocycles. The monoisotopic (exact) mass is 438 g/mol. The van der Waals surface area contributed by atoms with Gasteiger partial charge in [0.15, 0.2) is 0 Å². The van der Waals surface area contributed by atoms with E-state index < -0.39 is 0 Å². The fourth-order valence-corrected chi connectivity index (χ4v) is 5.39. The van der Waals surface area contributed by atoms with Crippen molar-refractivity contribution in [3.05, 3.63) is 65.0 Å². The van der Waals surface area contributed by atoms with Crippen LogP contribution in [0.5, 0.6) is 5.75 Å². The number of benzene rings is 2. The first-order valence-corrected chi connectivity index (χ1v) is 12.1. The van der Waals surface area contributed by atoms with Gasteiger partial charge in [0, 0.05) is 0 Å². The molecule has 1 atom stereocenters. The van der Waals surface area contributed by atoms with Gasteiger partial charge in [0.25, 0.3) is 0 Å². The van der Waals surface area contributed by atoms with Crippen LogP contribution in [0.3, 0.4) is 0 Å². The SMILES string of the molecule is COC(=O)C[C@H](c1cccc(CC[C@H]2CC[C@H](c3cc(OC)ccc3F)CC2)c1)C1CC1. The van der Waals surface area contributed by atoms with Crippen LogP contribution in [0.1, 0.15) is 79.9 Å². The van der Waals surface area contributed by atoms with Crippen LogP contribution >= 0.6 is 0 Å². The number of hydrogen-bond acceptors (Lipinski definition) is 3. The first-order valence-electron chi connectivity index (χ1n) is 12.1. The van der Waals surface area contributed by atoms with E-state index in [4.69, 9.17) is 9.47 Å². The van der Waals surface area contributed by atoms with Crippen molar-refractivity contribution in [1.82, 2.24) is 0 Å². The zero-order valence-electron chi connectivity index (χ0n) is 19.3. The maximum Gasteiger partial charge on any atom is 0.306 e. The Hall–Kier alpha value is -2.36. The Morgan fingerprint density at radius 3 is 2.50 bits per heavy atom. The molecule has 2 saturated carbocycles. The van der Waals surface area contributed by atoms with Gasteiger partial charge in [-0.15, -0.1) is 0 Å². The number of aryl methyl sites for hydroxylation is 1. The molecule has 0 amide bonds. The number of esters is 1. The van der Waals surface area contributed by atoms with Crippen LogP contribution in [0.25, 0.3) is 0 Å². The highest BCUT2D eigenvalue weighted by Gasteiger charge is 2.34. The van der Waals surface area contributed by atoms with Gasteiger partial charge in [-0.1, -0.05) is 24.3 Å². The zero-order valence-corrected chi connectivity index (χ0v) is 19.3. The van der Waals surface area contributed by atoms with E-state index >= 15 is 0 Å². The molecule has 0 N–H and O–H groups in total. The van der Waals surface area contributed by atoms with E-state index in [2.05, 4.69) is 24.3 Å². The molecule has 2 aromatic carbocycles. The molecule has 2 aliphatic carbocycles. The van der Waals surface area contributed by atoms with Gasteiger partial charge >= 0.3 is 5.97 Å². The van der Waals surface area contributed by atoms with Gasteiger partial charge in [-0.2, -0.15) is 0 Å². The molecule has 3 nitrogen and oxygen atoms in total. The number of ether oxygens (including phenoxy) is 2. The van der Waals surface area contributed by atoms with E-state index in [1.165, 1.54) is 43.6 Å². The molecule has 4 heteroatoms. The molecule has 0 radical (unpaired) electrons. The summed E-state index contributed by atoms with van der Waals surface area (Å²) in [5, 5.41) is 0. The minimum absolute atomic E-state index is 0.108. The third-order valence-electron chi connectivity index (χ3n) is 7.52. The lowest BCUT2D eigenvalue weighted by Gasteiger charge is -2.29. The molecular weight excluding hydrogens is 403 g/mol. The van der Waals surface area contributed by atoms with Gasteiger partial charge in [0.05, 0.1) is 20.6 Å². The third-order valence-corrected chi connectivity index (χ3v) is 7.52. The largest absolute Gasteiger partial charge is 0.497 e. The molecule has 0 bridgehead atoms. The number of carbonyl (C=O) groups is 1. The Bertz CT molecular complexity index is 913. The van der Waals surface area contributed by atoms with E-state index in [-0.39, 0.29) is 17.7 Å². The first kappa shape index (κ1) is 22.8. The van der Waals surface area contributed by atoms with Crippen molar-refractivity contribution in [2.75, 3.05) is 14.2 Å². The number of halogens is 1. The van der Waals surface area contributed by atoms with Crippen molar-refractivity contribution >= 4 is 5.97 Å². The minimum atomic E-state index is -0.114. The van der Waals surface area contributed by atoms with Gasteiger partial charge in [0.1, 0.15) is 11.6 Å². The first-order chi connectivity index (χ1) is 15.6. The molecule has 0 saturated heterocycles. The molecule has 0 aliphatic heterocycles. The summed E-state index contributed by atoms with van der Waals surface area (Å²) < 4.78 is 24.6. The molecule has 0 unspecified atom stereocenters. The van der Waals surface area contributed by atoms with E-state index in [9.17, 15) is 9.18 Å². The molecule has 4 rings (SSSR count). The van der Waals surface area contributed by atoms with Crippen LogP contribution in [0.4, 0.5) is 4.39 Å². The van der Waals surface area contributed by atoms with Crippen LogP contribution in [0, 0.1) is 17.7 Å². The van der Waals surface area contributed by atoms with Gasteiger partial charge in [-0.25, -0.2) is 4.39 Å². The van der Waals surface area contributed by atoms with E-state index in [0.29, 0.717) is 24.2 Å². The molecular formula is C28H35FO3. The summed E-state index contributed by atoms with van der Waals surface area (Å²) in [5.74, 6) is 2.41. The summed E-state index contributed by atoms with van der Waals surface area (Å²) >= 11 is 0. The summed E-state index contributed by atoms with van der Waals surface area (Å²) in [6.45, 7) is 0. The van der Waals surface area contributed by atoms with Crippen LogP contribution in [-0.2, 0) is 16.0 Å². The van der Waals surface area contributed by atoms with E-state index in [1.807, 2.05) is 6.07 Å². The third kappa shape index (κ3) is 5.70. The average molecular weight is 439 g/mol. The number of carbonyl (C=O) groups excluding carboxylic acids is 1. The van der Waals surface area contributed by atoms with Crippen molar-refractivity contribution in [3.63, 3.8) is 0 Å². The fraction of sp³-hybridized carbons (Fsp3) is 0.536.